The first-order valence-electron chi connectivity index (χ1n) is 7.02. The predicted molar refractivity (Wildman–Crippen MR) is 70.0 cm³/mol. The maximum absolute atomic E-state index is 12.7. The van der Waals surface area contributed by atoms with Crippen LogP contribution in [-0.4, -0.2) is 34.3 Å². The quantitative estimate of drug-likeness (QED) is 0.827. The van der Waals surface area contributed by atoms with E-state index in [2.05, 4.69) is 5.32 Å². The Labute approximate surface area is 109 Å². The third kappa shape index (κ3) is 1.91. The molecule has 0 atom stereocenters. The second-order valence-electron chi connectivity index (χ2n) is 6.16. The summed E-state index contributed by atoms with van der Waals surface area (Å²) in [5.74, 6) is 0.681. The monoisotopic (exact) mass is 252 g/mol. The summed E-state index contributed by atoms with van der Waals surface area (Å²) in [6.45, 7) is 8.36. The molecule has 0 unspecified atom stereocenters. The molecule has 1 aliphatic heterocycles. The minimum atomic E-state index is -0.715. The van der Waals surface area contributed by atoms with Crippen molar-refractivity contribution < 1.29 is 9.59 Å². The minimum absolute atomic E-state index is 0.0218. The Morgan fingerprint density at radius 3 is 2.22 bits per heavy atom. The molecule has 2 rings (SSSR count). The normalized spacial score (nSPS) is 26.1. The van der Waals surface area contributed by atoms with Gasteiger partial charge in [-0.15, -0.1) is 0 Å². The molecule has 0 radical (unpaired) electrons. The zero-order valence-corrected chi connectivity index (χ0v) is 11.9. The molecule has 2 amide bonds. The van der Waals surface area contributed by atoms with Crippen LogP contribution in [0.2, 0.25) is 0 Å². The summed E-state index contributed by atoms with van der Waals surface area (Å²) < 4.78 is 0. The molecule has 0 aromatic heterocycles. The summed E-state index contributed by atoms with van der Waals surface area (Å²) >= 11 is 0. The molecule has 4 heteroatoms. The molecule has 0 spiro atoms. The van der Waals surface area contributed by atoms with Crippen molar-refractivity contribution in [2.24, 2.45) is 5.92 Å². The molecule has 4 nitrogen and oxygen atoms in total. The van der Waals surface area contributed by atoms with Gasteiger partial charge >= 0.3 is 0 Å². The first kappa shape index (κ1) is 13.4. The topological polar surface area (TPSA) is 49.4 Å². The average Bonchev–Trinajstić information content (AvgIpc) is 3.14. The molecule has 1 heterocycles. The van der Waals surface area contributed by atoms with Gasteiger partial charge in [0.1, 0.15) is 11.1 Å². The van der Waals surface area contributed by atoms with E-state index in [9.17, 15) is 9.59 Å². The Kier molecular flexibility index (Phi) is 3.16. The van der Waals surface area contributed by atoms with Crippen molar-refractivity contribution in [1.82, 2.24) is 10.2 Å². The van der Waals surface area contributed by atoms with Crippen LogP contribution in [0.1, 0.15) is 53.4 Å². The van der Waals surface area contributed by atoms with E-state index in [1.54, 1.807) is 0 Å². The molecule has 1 N–H and O–H groups in total. The van der Waals surface area contributed by atoms with E-state index in [0.29, 0.717) is 18.8 Å². The van der Waals surface area contributed by atoms with E-state index >= 15 is 0 Å². The maximum atomic E-state index is 12.7. The van der Waals surface area contributed by atoms with Gasteiger partial charge in [0.15, 0.2) is 0 Å². The molecule has 102 valence electrons. The first-order chi connectivity index (χ1) is 8.37. The number of hydrogen-bond acceptors (Lipinski definition) is 2. The molecular formula is C14H24N2O2. The fraction of sp³-hybridized carbons (Fsp3) is 0.857. The van der Waals surface area contributed by atoms with E-state index in [1.165, 1.54) is 12.8 Å². The van der Waals surface area contributed by atoms with Gasteiger partial charge in [-0.05, 0) is 45.4 Å². The van der Waals surface area contributed by atoms with E-state index in [-0.39, 0.29) is 11.8 Å². The number of piperazine rings is 1. The Morgan fingerprint density at radius 2 is 1.78 bits per heavy atom. The second kappa shape index (κ2) is 4.25. The van der Waals surface area contributed by atoms with Crippen LogP contribution < -0.4 is 5.32 Å². The van der Waals surface area contributed by atoms with Crippen molar-refractivity contribution in [3.63, 3.8) is 0 Å². The molecule has 0 aromatic carbocycles. The number of nitrogens with zero attached hydrogens (tertiary/aromatic N) is 1. The smallest absolute Gasteiger partial charge is 0.249 e. The van der Waals surface area contributed by atoms with E-state index in [4.69, 9.17) is 0 Å². The third-order valence-corrected chi connectivity index (χ3v) is 4.58. The van der Waals surface area contributed by atoms with E-state index < -0.39 is 11.1 Å². The van der Waals surface area contributed by atoms with Gasteiger partial charge in [-0.1, -0.05) is 13.8 Å². The van der Waals surface area contributed by atoms with Crippen molar-refractivity contribution in [1.29, 1.82) is 0 Å². The molecule has 0 bridgehead atoms. The molecule has 1 saturated heterocycles. The summed E-state index contributed by atoms with van der Waals surface area (Å²) in [5, 5.41) is 2.96. The molecule has 2 fully saturated rings. The Hall–Kier alpha value is -1.06. The van der Waals surface area contributed by atoms with Crippen LogP contribution in [0.4, 0.5) is 0 Å². The molecule has 1 saturated carbocycles. The Balaban J connectivity index is 2.31. The average molecular weight is 252 g/mol. The van der Waals surface area contributed by atoms with Crippen LogP contribution in [0, 0.1) is 5.92 Å². The van der Waals surface area contributed by atoms with Gasteiger partial charge in [-0.2, -0.15) is 0 Å². The molecule has 0 aromatic rings. The van der Waals surface area contributed by atoms with Gasteiger partial charge in [-0.25, -0.2) is 0 Å². The highest BCUT2D eigenvalue weighted by Gasteiger charge is 2.53. The van der Waals surface area contributed by atoms with Crippen molar-refractivity contribution >= 4 is 11.8 Å². The van der Waals surface area contributed by atoms with Crippen LogP contribution >= 0.6 is 0 Å². The lowest BCUT2D eigenvalue weighted by Crippen LogP contribution is -2.74. The Bertz CT molecular complexity index is 368. The van der Waals surface area contributed by atoms with Gasteiger partial charge in [0.05, 0.1) is 0 Å². The summed E-state index contributed by atoms with van der Waals surface area (Å²) in [5.41, 5.74) is -1.39. The van der Waals surface area contributed by atoms with Crippen LogP contribution in [-0.2, 0) is 9.59 Å². The van der Waals surface area contributed by atoms with Crippen LogP contribution in [0.15, 0.2) is 0 Å². The van der Waals surface area contributed by atoms with Gasteiger partial charge in [0, 0.05) is 6.54 Å². The number of carbonyl (C=O) groups is 2. The number of rotatable bonds is 4. The summed E-state index contributed by atoms with van der Waals surface area (Å²) in [4.78, 5) is 26.9. The van der Waals surface area contributed by atoms with Gasteiger partial charge < -0.3 is 10.2 Å². The lowest BCUT2D eigenvalue weighted by molar-refractivity contribution is -0.161. The second-order valence-corrected chi connectivity index (χ2v) is 6.16. The van der Waals surface area contributed by atoms with Crippen LogP contribution in [0.25, 0.3) is 0 Å². The van der Waals surface area contributed by atoms with E-state index in [1.807, 2.05) is 32.6 Å². The number of nitrogens with one attached hydrogen (secondary N) is 1. The van der Waals surface area contributed by atoms with Crippen molar-refractivity contribution in [2.45, 2.75) is 64.5 Å². The fourth-order valence-electron chi connectivity index (χ4n) is 2.66. The lowest BCUT2D eigenvalue weighted by Gasteiger charge is -2.49. The van der Waals surface area contributed by atoms with Crippen LogP contribution in [0.5, 0.6) is 0 Å². The number of hydrogen-bond donors (Lipinski definition) is 1. The number of carbonyl (C=O) groups excluding carboxylic acids is 2. The summed E-state index contributed by atoms with van der Waals surface area (Å²) in [7, 11) is 0. The number of amides is 2. The van der Waals surface area contributed by atoms with Crippen molar-refractivity contribution in [3.8, 4) is 0 Å². The van der Waals surface area contributed by atoms with Gasteiger partial charge in [0.2, 0.25) is 11.8 Å². The van der Waals surface area contributed by atoms with E-state index in [0.717, 1.165) is 6.54 Å². The minimum Gasteiger partial charge on any atom is -0.340 e. The van der Waals surface area contributed by atoms with Crippen LogP contribution in [0.3, 0.4) is 0 Å². The van der Waals surface area contributed by atoms with Crippen molar-refractivity contribution in [3.05, 3.63) is 0 Å². The third-order valence-electron chi connectivity index (χ3n) is 4.58. The largest absolute Gasteiger partial charge is 0.340 e. The van der Waals surface area contributed by atoms with Crippen molar-refractivity contribution in [2.75, 3.05) is 6.54 Å². The first-order valence-corrected chi connectivity index (χ1v) is 7.02. The zero-order valence-electron chi connectivity index (χ0n) is 11.9. The SMILES string of the molecule is CCC1(CC)NC(=O)C(C)(C)N(CC2CC2)C1=O. The highest BCUT2D eigenvalue weighted by atomic mass is 16.2. The maximum Gasteiger partial charge on any atom is 0.249 e. The van der Waals surface area contributed by atoms with Gasteiger partial charge in [-0.3, -0.25) is 9.59 Å². The highest BCUT2D eigenvalue weighted by molar-refractivity contribution is 6.01. The molecule has 2 aliphatic rings. The predicted octanol–water partition coefficient (Wildman–Crippen LogP) is 1.69. The zero-order chi connectivity index (χ0) is 13.6. The fourth-order valence-corrected chi connectivity index (χ4v) is 2.66. The summed E-state index contributed by atoms with van der Waals surface area (Å²) in [6.07, 6.45) is 3.69. The molecule has 18 heavy (non-hydrogen) atoms. The standard InChI is InChI=1S/C14H24N2O2/c1-5-14(6-2)12(18)16(9-10-7-8-10)13(3,4)11(17)15-14/h10H,5-9H2,1-4H3,(H,15,17). The summed E-state index contributed by atoms with van der Waals surface area (Å²) in [6, 6.07) is 0. The molecule has 1 aliphatic carbocycles. The molecular weight excluding hydrogens is 228 g/mol. The lowest BCUT2D eigenvalue weighted by atomic mass is 9.83. The van der Waals surface area contributed by atoms with Gasteiger partial charge in [0.25, 0.3) is 0 Å². The highest BCUT2D eigenvalue weighted by Crippen LogP contribution is 2.36. The Morgan fingerprint density at radius 1 is 1.22 bits per heavy atom.